The summed E-state index contributed by atoms with van der Waals surface area (Å²) in [6.07, 6.45) is 2.81. The fourth-order valence-electron chi connectivity index (χ4n) is 2.50. The molecule has 0 fully saturated rings. The van der Waals surface area contributed by atoms with Crippen molar-refractivity contribution in [3.63, 3.8) is 0 Å². The Morgan fingerprint density at radius 1 is 1.33 bits per heavy atom. The smallest absolute Gasteiger partial charge is 0.312 e. The van der Waals surface area contributed by atoms with E-state index in [1.807, 2.05) is 18.2 Å². The number of nitrogens with zero attached hydrogens (tertiary/aromatic N) is 1. The normalized spacial score (nSPS) is 16.8. The third-order valence-electron chi connectivity index (χ3n) is 3.67. The number of carboxylic acid groups (broad SMARTS) is 1. The zero-order valence-electron chi connectivity index (χ0n) is 12.2. The summed E-state index contributed by atoms with van der Waals surface area (Å²) in [5, 5.41) is 9.29. The second kappa shape index (κ2) is 7.50. The Hall–Kier alpha value is -1.49. The van der Waals surface area contributed by atoms with Gasteiger partial charge in [0.25, 0.3) is 0 Å². The molecule has 1 aromatic carbocycles. The minimum atomic E-state index is -0.866. The Bertz CT molecular complexity index is 518. The number of para-hydroxylation sites is 1. The topological polar surface area (TPSA) is 57.6 Å². The molecule has 0 aliphatic carbocycles. The van der Waals surface area contributed by atoms with Crippen LogP contribution < -0.4 is 4.90 Å². The van der Waals surface area contributed by atoms with E-state index in [1.165, 1.54) is 12.8 Å². The van der Waals surface area contributed by atoms with Gasteiger partial charge in [0, 0.05) is 24.4 Å². The van der Waals surface area contributed by atoms with E-state index in [1.54, 1.807) is 22.7 Å². The number of carbonyl (C=O) groups excluding carboxylic acids is 1. The molecule has 0 spiro atoms. The molecular formula is C16H21NO3S. The zero-order valence-corrected chi connectivity index (χ0v) is 13.1. The minimum absolute atomic E-state index is 0.0233. The number of anilines is 1. The highest BCUT2D eigenvalue weighted by Crippen LogP contribution is 2.36. The van der Waals surface area contributed by atoms with E-state index in [0.29, 0.717) is 6.42 Å². The monoisotopic (exact) mass is 307 g/mol. The number of fused-ring (bicyclic) bond motifs is 1. The number of unbranched alkanes of at least 4 members (excludes halogenated alkanes) is 1. The Morgan fingerprint density at radius 3 is 2.81 bits per heavy atom. The molecule has 0 saturated heterocycles. The number of carbonyl (C=O) groups is 2. The molecule has 0 bridgehead atoms. The predicted molar refractivity (Wildman–Crippen MR) is 86.0 cm³/mol. The van der Waals surface area contributed by atoms with Crippen LogP contribution in [0.1, 0.15) is 37.7 Å². The summed E-state index contributed by atoms with van der Waals surface area (Å²) >= 11 is 1.79. The fourth-order valence-corrected chi connectivity index (χ4v) is 3.51. The highest BCUT2D eigenvalue weighted by Gasteiger charge is 2.35. The summed E-state index contributed by atoms with van der Waals surface area (Å²) in [6, 6.07) is 7.31. The third-order valence-corrected chi connectivity index (χ3v) is 4.74. The van der Waals surface area contributed by atoms with Crippen molar-refractivity contribution in [3.05, 3.63) is 29.8 Å². The van der Waals surface area contributed by atoms with Crippen LogP contribution in [0, 0.1) is 0 Å². The second-order valence-corrected chi connectivity index (χ2v) is 6.39. The number of hydrogen-bond acceptors (Lipinski definition) is 3. The van der Waals surface area contributed by atoms with Gasteiger partial charge < -0.3 is 10.0 Å². The summed E-state index contributed by atoms with van der Waals surface area (Å²) in [4.78, 5) is 25.3. The first kappa shape index (κ1) is 15.9. The third kappa shape index (κ3) is 3.79. The van der Waals surface area contributed by atoms with Crippen molar-refractivity contribution >= 4 is 29.3 Å². The molecule has 1 heterocycles. The van der Waals surface area contributed by atoms with Crippen molar-refractivity contribution in [1.29, 1.82) is 0 Å². The number of thioether (sulfide) groups is 1. The lowest BCUT2D eigenvalue weighted by Crippen LogP contribution is -2.31. The average Bonchev–Trinajstić information content (AvgIpc) is 2.87. The maximum Gasteiger partial charge on any atom is 0.312 e. The highest BCUT2D eigenvalue weighted by atomic mass is 32.2. The molecule has 1 atom stereocenters. The fraction of sp³-hybridized carbons (Fsp3) is 0.500. The van der Waals surface area contributed by atoms with Crippen LogP contribution in [0.5, 0.6) is 0 Å². The second-order valence-electron chi connectivity index (χ2n) is 5.17. The SMILES string of the molecule is CCCCSCCC(=O)N1CC(C(=O)O)c2ccccc21. The van der Waals surface area contributed by atoms with Crippen LogP contribution in [0.25, 0.3) is 0 Å². The first-order chi connectivity index (χ1) is 10.1. The zero-order chi connectivity index (χ0) is 15.2. The van der Waals surface area contributed by atoms with E-state index in [2.05, 4.69) is 6.92 Å². The lowest BCUT2D eigenvalue weighted by molar-refractivity contribution is -0.138. The Labute approximate surface area is 129 Å². The molecule has 21 heavy (non-hydrogen) atoms. The molecule has 1 N–H and O–H groups in total. The average molecular weight is 307 g/mol. The maximum atomic E-state index is 12.3. The molecule has 1 aliphatic heterocycles. The Balaban J connectivity index is 1.98. The number of rotatable bonds is 7. The van der Waals surface area contributed by atoms with Gasteiger partial charge in [-0.05, 0) is 23.8 Å². The highest BCUT2D eigenvalue weighted by molar-refractivity contribution is 7.99. The molecule has 2 rings (SSSR count). The molecule has 1 amide bonds. The summed E-state index contributed by atoms with van der Waals surface area (Å²) < 4.78 is 0. The minimum Gasteiger partial charge on any atom is -0.481 e. The van der Waals surface area contributed by atoms with E-state index in [-0.39, 0.29) is 12.5 Å². The lowest BCUT2D eigenvalue weighted by Gasteiger charge is -2.17. The van der Waals surface area contributed by atoms with Crippen molar-refractivity contribution in [1.82, 2.24) is 0 Å². The van der Waals surface area contributed by atoms with E-state index in [9.17, 15) is 14.7 Å². The first-order valence-electron chi connectivity index (χ1n) is 7.35. The molecule has 5 heteroatoms. The number of carboxylic acids is 1. The van der Waals surface area contributed by atoms with Gasteiger partial charge in [-0.1, -0.05) is 31.5 Å². The predicted octanol–water partition coefficient (Wildman–Crippen LogP) is 3.12. The Morgan fingerprint density at radius 2 is 2.10 bits per heavy atom. The molecule has 1 aromatic rings. The summed E-state index contributed by atoms with van der Waals surface area (Å²) in [5.74, 6) is 0.441. The number of aliphatic carboxylic acids is 1. The van der Waals surface area contributed by atoms with Gasteiger partial charge >= 0.3 is 5.97 Å². The lowest BCUT2D eigenvalue weighted by atomic mass is 10.0. The number of amides is 1. The van der Waals surface area contributed by atoms with Gasteiger partial charge in [0.05, 0.1) is 0 Å². The van der Waals surface area contributed by atoms with Crippen LogP contribution in [0.2, 0.25) is 0 Å². The standard InChI is InChI=1S/C16H21NO3S/c1-2-3-9-21-10-8-15(18)17-11-13(16(19)20)12-6-4-5-7-14(12)17/h4-7,13H,2-3,8-11H2,1H3,(H,19,20). The summed E-state index contributed by atoms with van der Waals surface area (Å²) in [5.41, 5.74) is 1.51. The molecule has 1 aliphatic rings. The van der Waals surface area contributed by atoms with E-state index in [4.69, 9.17) is 0 Å². The number of benzene rings is 1. The molecule has 0 saturated carbocycles. The van der Waals surface area contributed by atoms with E-state index < -0.39 is 11.9 Å². The Kier molecular flexibility index (Phi) is 5.67. The van der Waals surface area contributed by atoms with Crippen LogP contribution in [-0.4, -0.2) is 35.0 Å². The van der Waals surface area contributed by atoms with E-state index in [0.717, 1.165) is 22.8 Å². The van der Waals surface area contributed by atoms with Gasteiger partial charge in [-0.25, -0.2) is 0 Å². The van der Waals surface area contributed by atoms with Gasteiger partial charge in [-0.15, -0.1) is 0 Å². The first-order valence-corrected chi connectivity index (χ1v) is 8.50. The van der Waals surface area contributed by atoms with Crippen LogP contribution in [0.15, 0.2) is 24.3 Å². The largest absolute Gasteiger partial charge is 0.481 e. The van der Waals surface area contributed by atoms with Crippen LogP contribution in [-0.2, 0) is 9.59 Å². The number of hydrogen-bond donors (Lipinski definition) is 1. The van der Waals surface area contributed by atoms with Crippen molar-refractivity contribution in [2.45, 2.75) is 32.1 Å². The van der Waals surface area contributed by atoms with Gasteiger partial charge in [-0.2, -0.15) is 11.8 Å². The van der Waals surface area contributed by atoms with E-state index >= 15 is 0 Å². The molecule has 1 unspecified atom stereocenters. The van der Waals surface area contributed by atoms with Crippen LogP contribution in [0.4, 0.5) is 5.69 Å². The van der Waals surface area contributed by atoms with Gasteiger partial charge in [0.2, 0.25) is 5.91 Å². The molecule has 0 aromatic heterocycles. The molecule has 0 radical (unpaired) electrons. The van der Waals surface area contributed by atoms with Gasteiger partial charge in [0.1, 0.15) is 5.92 Å². The quantitative estimate of drug-likeness (QED) is 0.786. The van der Waals surface area contributed by atoms with Crippen molar-refractivity contribution in [2.24, 2.45) is 0 Å². The van der Waals surface area contributed by atoms with Crippen molar-refractivity contribution in [3.8, 4) is 0 Å². The van der Waals surface area contributed by atoms with Crippen LogP contribution in [0.3, 0.4) is 0 Å². The summed E-state index contributed by atoms with van der Waals surface area (Å²) in [7, 11) is 0. The molecule has 4 nitrogen and oxygen atoms in total. The maximum absolute atomic E-state index is 12.3. The summed E-state index contributed by atoms with van der Waals surface area (Å²) in [6.45, 7) is 2.41. The van der Waals surface area contributed by atoms with Crippen molar-refractivity contribution < 1.29 is 14.7 Å². The van der Waals surface area contributed by atoms with Crippen LogP contribution >= 0.6 is 11.8 Å². The molecule has 114 valence electrons. The van der Waals surface area contributed by atoms with Gasteiger partial charge in [-0.3, -0.25) is 9.59 Å². The van der Waals surface area contributed by atoms with Gasteiger partial charge in [0.15, 0.2) is 0 Å². The van der Waals surface area contributed by atoms with Crippen molar-refractivity contribution in [2.75, 3.05) is 23.0 Å². The molecular weight excluding hydrogens is 286 g/mol.